The maximum atomic E-state index is 12.8. The first-order valence-corrected chi connectivity index (χ1v) is 7.73. The summed E-state index contributed by atoms with van der Waals surface area (Å²) in [5, 5.41) is 2.67. The fourth-order valence-corrected chi connectivity index (χ4v) is 2.01. The van der Waals surface area contributed by atoms with Gasteiger partial charge in [0, 0.05) is 18.9 Å². The molecule has 2 rings (SSSR count). The lowest BCUT2D eigenvalue weighted by atomic mass is 10.2. The predicted octanol–water partition coefficient (Wildman–Crippen LogP) is 2.34. The maximum Gasteiger partial charge on any atom is 0.243 e. The second-order valence-corrected chi connectivity index (χ2v) is 5.37. The molecule has 1 amide bonds. The molecule has 1 heterocycles. The predicted molar refractivity (Wildman–Crippen MR) is 89.3 cm³/mol. The molecule has 0 saturated heterocycles. The summed E-state index contributed by atoms with van der Waals surface area (Å²) in [5.41, 5.74) is 0. The van der Waals surface area contributed by atoms with Crippen molar-refractivity contribution in [3.63, 3.8) is 0 Å². The molecule has 0 aliphatic heterocycles. The molecule has 1 aromatic carbocycles. The van der Waals surface area contributed by atoms with Crippen LogP contribution in [-0.2, 0) is 4.79 Å². The molecule has 0 aliphatic rings. The summed E-state index contributed by atoms with van der Waals surface area (Å²) in [6, 6.07) is 7.27. The van der Waals surface area contributed by atoms with Gasteiger partial charge in [0.25, 0.3) is 0 Å². The molecule has 0 saturated carbocycles. The van der Waals surface area contributed by atoms with Gasteiger partial charge in [0.1, 0.15) is 11.6 Å². The Hall–Kier alpha value is -2.54. The SMILES string of the molecule is C[C@H](C(=O)Nc1ncccn1)N(C)CCCOc1ccc(F)cc1. The Labute approximate surface area is 140 Å². The van der Waals surface area contributed by atoms with E-state index in [1.165, 1.54) is 12.1 Å². The van der Waals surface area contributed by atoms with Crippen LogP contribution in [0.1, 0.15) is 13.3 Å². The molecule has 1 aromatic heterocycles. The number of carbonyl (C=O) groups excluding carboxylic acids is 1. The van der Waals surface area contributed by atoms with Crippen molar-refractivity contribution in [2.24, 2.45) is 0 Å². The Balaban J connectivity index is 1.70. The number of hydrogen-bond donors (Lipinski definition) is 1. The van der Waals surface area contributed by atoms with Crippen LogP contribution in [0.25, 0.3) is 0 Å². The average Bonchev–Trinajstić information content (AvgIpc) is 2.60. The molecule has 0 bridgehead atoms. The van der Waals surface area contributed by atoms with Crippen molar-refractivity contribution in [3.8, 4) is 5.75 Å². The molecule has 2 aromatic rings. The molecule has 1 atom stereocenters. The highest BCUT2D eigenvalue weighted by molar-refractivity contribution is 5.92. The number of benzene rings is 1. The molecular formula is C17H21FN4O2. The van der Waals surface area contributed by atoms with Crippen LogP contribution in [-0.4, -0.2) is 47.0 Å². The molecular weight excluding hydrogens is 311 g/mol. The van der Waals surface area contributed by atoms with Crippen molar-refractivity contribution < 1.29 is 13.9 Å². The van der Waals surface area contributed by atoms with Crippen LogP contribution in [0.2, 0.25) is 0 Å². The molecule has 0 spiro atoms. The number of hydrogen-bond acceptors (Lipinski definition) is 5. The van der Waals surface area contributed by atoms with Crippen molar-refractivity contribution in [1.82, 2.24) is 14.9 Å². The maximum absolute atomic E-state index is 12.8. The second-order valence-electron chi connectivity index (χ2n) is 5.37. The van der Waals surface area contributed by atoms with E-state index in [-0.39, 0.29) is 17.8 Å². The van der Waals surface area contributed by atoms with Gasteiger partial charge in [-0.15, -0.1) is 0 Å². The number of anilines is 1. The van der Waals surface area contributed by atoms with Gasteiger partial charge in [-0.3, -0.25) is 15.0 Å². The van der Waals surface area contributed by atoms with E-state index in [0.29, 0.717) is 24.8 Å². The molecule has 6 nitrogen and oxygen atoms in total. The summed E-state index contributed by atoms with van der Waals surface area (Å²) >= 11 is 0. The number of carbonyl (C=O) groups is 1. The summed E-state index contributed by atoms with van der Waals surface area (Å²) < 4.78 is 18.3. The first kappa shape index (κ1) is 17.8. The summed E-state index contributed by atoms with van der Waals surface area (Å²) in [4.78, 5) is 22.0. The van der Waals surface area contributed by atoms with Gasteiger partial charge >= 0.3 is 0 Å². The lowest BCUT2D eigenvalue weighted by Crippen LogP contribution is -2.40. The van der Waals surface area contributed by atoms with E-state index in [1.54, 1.807) is 30.6 Å². The molecule has 1 N–H and O–H groups in total. The fraction of sp³-hybridized carbons (Fsp3) is 0.353. The first-order chi connectivity index (χ1) is 11.6. The highest BCUT2D eigenvalue weighted by Gasteiger charge is 2.18. The van der Waals surface area contributed by atoms with E-state index in [9.17, 15) is 9.18 Å². The number of aromatic nitrogens is 2. The lowest BCUT2D eigenvalue weighted by molar-refractivity contribution is -0.120. The van der Waals surface area contributed by atoms with E-state index in [0.717, 1.165) is 6.42 Å². The van der Waals surface area contributed by atoms with E-state index < -0.39 is 0 Å². The number of nitrogens with zero attached hydrogens (tertiary/aromatic N) is 3. The van der Waals surface area contributed by atoms with Crippen LogP contribution in [0.15, 0.2) is 42.7 Å². The van der Waals surface area contributed by atoms with Crippen molar-refractivity contribution in [3.05, 3.63) is 48.5 Å². The Morgan fingerprint density at radius 2 is 1.96 bits per heavy atom. The average molecular weight is 332 g/mol. The Kier molecular flexibility index (Phi) is 6.62. The minimum Gasteiger partial charge on any atom is -0.494 e. The zero-order valence-electron chi connectivity index (χ0n) is 13.8. The van der Waals surface area contributed by atoms with Gasteiger partial charge in [0.2, 0.25) is 11.9 Å². The Morgan fingerprint density at radius 1 is 1.29 bits per heavy atom. The molecule has 0 unspecified atom stereocenters. The molecule has 7 heteroatoms. The molecule has 24 heavy (non-hydrogen) atoms. The topological polar surface area (TPSA) is 67.4 Å². The van der Waals surface area contributed by atoms with Gasteiger partial charge < -0.3 is 4.74 Å². The summed E-state index contributed by atoms with van der Waals surface area (Å²) in [6.07, 6.45) is 3.89. The third-order valence-electron chi connectivity index (χ3n) is 3.58. The number of likely N-dealkylation sites (N-methyl/N-ethyl adjacent to an activating group) is 1. The van der Waals surface area contributed by atoms with Crippen LogP contribution < -0.4 is 10.1 Å². The van der Waals surface area contributed by atoms with E-state index in [1.807, 2.05) is 18.9 Å². The molecule has 128 valence electrons. The summed E-state index contributed by atoms with van der Waals surface area (Å²) in [7, 11) is 1.87. The number of rotatable bonds is 8. The van der Waals surface area contributed by atoms with Crippen LogP contribution in [0, 0.1) is 5.82 Å². The quantitative estimate of drug-likeness (QED) is 0.752. The van der Waals surface area contributed by atoms with Crippen molar-refractivity contribution >= 4 is 11.9 Å². The number of amides is 1. The van der Waals surface area contributed by atoms with Gasteiger partial charge in [-0.25, -0.2) is 14.4 Å². The molecule has 0 radical (unpaired) electrons. The van der Waals surface area contributed by atoms with Crippen molar-refractivity contribution in [2.75, 3.05) is 25.5 Å². The second kappa shape index (κ2) is 8.93. The minimum atomic E-state index is -0.320. The lowest BCUT2D eigenvalue weighted by Gasteiger charge is -2.23. The van der Waals surface area contributed by atoms with Crippen molar-refractivity contribution in [1.29, 1.82) is 0 Å². The van der Waals surface area contributed by atoms with E-state index >= 15 is 0 Å². The standard InChI is InChI=1S/C17H21FN4O2/c1-13(16(23)21-17-19-9-3-10-20-17)22(2)11-4-12-24-15-7-5-14(18)6-8-15/h3,5-10,13H,4,11-12H2,1-2H3,(H,19,20,21,23)/t13-/m1/s1. The van der Waals surface area contributed by atoms with Crippen molar-refractivity contribution in [2.45, 2.75) is 19.4 Å². The first-order valence-electron chi connectivity index (χ1n) is 7.73. The number of halogens is 1. The van der Waals surface area contributed by atoms with Crippen LogP contribution in [0.3, 0.4) is 0 Å². The number of ether oxygens (including phenoxy) is 1. The number of nitrogens with one attached hydrogen (secondary N) is 1. The van der Waals surface area contributed by atoms with Crippen LogP contribution in [0.5, 0.6) is 5.75 Å². The zero-order valence-corrected chi connectivity index (χ0v) is 13.8. The van der Waals surface area contributed by atoms with Crippen LogP contribution in [0.4, 0.5) is 10.3 Å². The van der Waals surface area contributed by atoms with Gasteiger partial charge in [-0.2, -0.15) is 0 Å². The van der Waals surface area contributed by atoms with E-state index in [4.69, 9.17) is 4.74 Å². The summed E-state index contributed by atoms with van der Waals surface area (Å²) in [6.45, 7) is 3.00. The van der Waals surface area contributed by atoms with Crippen LogP contribution >= 0.6 is 0 Å². The zero-order chi connectivity index (χ0) is 17.4. The van der Waals surface area contributed by atoms with Gasteiger partial charge in [0.05, 0.1) is 12.6 Å². The highest BCUT2D eigenvalue weighted by Crippen LogP contribution is 2.11. The van der Waals surface area contributed by atoms with Gasteiger partial charge in [-0.05, 0) is 50.7 Å². The van der Waals surface area contributed by atoms with E-state index in [2.05, 4.69) is 15.3 Å². The molecule has 0 aliphatic carbocycles. The fourth-order valence-electron chi connectivity index (χ4n) is 2.01. The Morgan fingerprint density at radius 3 is 2.62 bits per heavy atom. The largest absolute Gasteiger partial charge is 0.494 e. The van der Waals surface area contributed by atoms with Gasteiger partial charge in [0.15, 0.2) is 0 Å². The smallest absolute Gasteiger partial charge is 0.243 e. The molecule has 0 fully saturated rings. The monoisotopic (exact) mass is 332 g/mol. The normalized spacial score (nSPS) is 12.0. The highest BCUT2D eigenvalue weighted by atomic mass is 19.1. The van der Waals surface area contributed by atoms with Gasteiger partial charge in [-0.1, -0.05) is 0 Å². The third kappa shape index (κ3) is 5.58. The summed E-state index contributed by atoms with van der Waals surface area (Å²) in [5.74, 6) is 0.473. The third-order valence-corrected chi connectivity index (χ3v) is 3.58. The Bertz CT molecular complexity index is 637. The minimum absolute atomic E-state index is 0.164.